The van der Waals surface area contributed by atoms with E-state index in [-0.39, 0.29) is 16.3 Å². The van der Waals surface area contributed by atoms with Gasteiger partial charge in [-0.05, 0) is 24.6 Å². The van der Waals surface area contributed by atoms with Gasteiger partial charge in [-0.2, -0.15) is 0 Å². The first kappa shape index (κ1) is 29.4. The van der Waals surface area contributed by atoms with Crippen molar-refractivity contribution in [2.24, 2.45) is 5.41 Å². The number of rotatable bonds is 15. The normalized spacial score (nSPS) is 12.3. The third-order valence-electron chi connectivity index (χ3n) is 5.39. The number of anilines is 1. The Balaban J connectivity index is 2.42. The van der Waals surface area contributed by atoms with Crippen molar-refractivity contribution in [1.82, 2.24) is 0 Å². The van der Waals surface area contributed by atoms with Crippen molar-refractivity contribution in [2.75, 3.05) is 11.9 Å². The van der Waals surface area contributed by atoms with Gasteiger partial charge in [0.1, 0.15) is 0 Å². The molecule has 5 nitrogen and oxygen atoms in total. The molecule has 186 valence electrons. The molecule has 1 aromatic rings. The fraction of sp³-hybridized carbons (Fsp3) is 0.654. The molecular weight excluding hydrogens is 461 g/mol. The number of unbranched alkanes of at least 4 members (excludes halogenated alkanes) is 9. The van der Waals surface area contributed by atoms with Crippen LogP contribution < -0.4 is 5.32 Å². The molecule has 0 aromatic heterocycles. The van der Waals surface area contributed by atoms with Crippen LogP contribution >= 0.6 is 23.2 Å². The first-order valence-corrected chi connectivity index (χ1v) is 12.8. The molecular formula is C26H39Cl2NO4. The first-order chi connectivity index (χ1) is 15.6. The highest BCUT2D eigenvalue weighted by molar-refractivity contribution is 6.44. The lowest BCUT2D eigenvalue weighted by Gasteiger charge is -2.20. The van der Waals surface area contributed by atoms with Gasteiger partial charge < -0.3 is 10.1 Å². The van der Waals surface area contributed by atoms with Gasteiger partial charge in [0.15, 0.2) is 11.2 Å². The molecule has 1 unspecified atom stereocenters. The van der Waals surface area contributed by atoms with Crippen LogP contribution in [0, 0.1) is 5.41 Å². The van der Waals surface area contributed by atoms with Crippen LogP contribution in [0.25, 0.3) is 0 Å². The number of Topliss-reactive ketones (excluding diaryl/α,β-unsaturated/α-hetero) is 1. The van der Waals surface area contributed by atoms with Gasteiger partial charge in [0.25, 0.3) is 0 Å². The fourth-order valence-corrected chi connectivity index (χ4v) is 3.83. The van der Waals surface area contributed by atoms with Gasteiger partial charge >= 0.3 is 5.97 Å². The molecule has 1 aromatic carbocycles. The topological polar surface area (TPSA) is 72.5 Å². The van der Waals surface area contributed by atoms with E-state index in [0.717, 1.165) is 19.3 Å². The number of alkyl halides is 1. The van der Waals surface area contributed by atoms with Crippen LogP contribution in [0.3, 0.4) is 0 Å². The molecule has 1 atom stereocenters. The molecule has 0 bridgehead atoms. The summed E-state index contributed by atoms with van der Waals surface area (Å²) in [6, 6.07) is 4.48. The van der Waals surface area contributed by atoms with Crippen LogP contribution in [-0.2, 0) is 14.3 Å². The summed E-state index contributed by atoms with van der Waals surface area (Å²) in [6.45, 7) is 7.65. The molecule has 0 saturated carbocycles. The number of hydrogen-bond donors (Lipinski definition) is 1. The van der Waals surface area contributed by atoms with Crippen LogP contribution in [0.15, 0.2) is 18.2 Å². The lowest BCUT2D eigenvalue weighted by Crippen LogP contribution is -2.37. The average molecular weight is 501 g/mol. The standard InChI is InChI=1S/C26H39Cl2NO4/c1-5-6-7-8-9-10-11-12-13-14-17-33-25(32)19-15-16-20(27)21(18-19)29-24(31)22(28)23(30)26(2,3)4/h15-16,18,22H,5-14,17H2,1-4H3,(H,29,31). The van der Waals surface area contributed by atoms with Gasteiger partial charge in [-0.1, -0.05) is 97.1 Å². The highest BCUT2D eigenvalue weighted by Crippen LogP contribution is 2.26. The van der Waals surface area contributed by atoms with E-state index in [4.69, 9.17) is 27.9 Å². The zero-order chi connectivity index (χ0) is 24.9. The van der Waals surface area contributed by atoms with Crippen molar-refractivity contribution in [3.05, 3.63) is 28.8 Å². The van der Waals surface area contributed by atoms with Gasteiger partial charge in [-0.15, -0.1) is 11.6 Å². The van der Waals surface area contributed by atoms with E-state index in [0.29, 0.717) is 6.61 Å². The molecule has 1 rings (SSSR count). The average Bonchev–Trinajstić information content (AvgIpc) is 2.77. The van der Waals surface area contributed by atoms with Gasteiger partial charge in [0.2, 0.25) is 5.91 Å². The molecule has 0 aliphatic rings. The Morgan fingerprint density at radius 2 is 1.48 bits per heavy atom. The molecule has 7 heteroatoms. The number of benzene rings is 1. The Kier molecular flexibility index (Phi) is 13.7. The Morgan fingerprint density at radius 3 is 2.03 bits per heavy atom. The molecule has 0 aliphatic heterocycles. The van der Waals surface area contributed by atoms with E-state index in [1.54, 1.807) is 20.8 Å². The predicted molar refractivity (Wildman–Crippen MR) is 136 cm³/mol. The van der Waals surface area contributed by atoms with Gasteiger partial charge in [0.05, 0.1) is 22.9 Å². The Bertz CT molecular complexity index is 774. The summed E-state index contributed by atoms with van der Waals surface area (Å²) in [4.78, 5) is 37.0. The van der Waals surface area contributed by atoms with E-state index in [1.165, 1.54) is 63.1 Å². The predicted octanol–water partition coefficient (Wildman–Crippen LogP) is 7.58. The number of halogens is 2. The van der Waals surface area contributed by atoms with E-state index >= 15 is 0 Å². The van der Waals surface area contributed by atoms with Crippen LogP contribution in [0.1, 0.15) is 102 Å². The minimum Gasteiger partial charge on any atom is -0.462 e. The summed E-state index contributed by atoms with van der Waals surface area (Å²) >= 11 is 12.2. The first-order valence-electron chi connectivity index (χ1n) is 12.0. The number of esters is 1. The smallest absolute Gasteiger partial charge is 0.338 e. The molecule has 0 fully saturated rings. The van der Waals surface area contributed by atoms with Crippen LogP contribution in [0.4, 0.5) is 5.69 Å². The van der Waals surface area contributed by atoms with E-state index in [1.807, 2.05) is 0 Å². The molecule has 1 amide bonds. The van der Waals surface area contributed by atoms with E-state index in [2.05, 4.69) is 12.2 Å². The highest BCUT2D eigenvalue weighted by Gasteiger charge is 2.33. The minimum absolute atomic E-state index is 0.211. The second kappa shape index (κ2) is 15.3. The van der Waals surface area contributed by atoms with Crippen molar-refractivity contribution in [1.29, 1.82) is 0 Å². The monoisotopic (exact) mass is 499 g/mol. The number of amides is 1. The van der Waals surface area contributed by atoms with Crippen molar-refractivity contribution < 1.29 is 19.1 Å². The maximum Gasteiger partial charge on any atom is 0.338 e. The summed E-state index contributed by atoms with van der Waals surface area (Å²) in [6.07, 6.45) is 12.1. The zero-order valence-electron chi connectivity index (χ0n) is 20.5. The molecule has 0 heterocycles. The Labute approximate surface area is 208 Å². The molecule has 0 saturated heterocycles. The summed E-state index contributed by atoms with van der Waals surface area (Å²) in [7, 11) is 0. The highest BCUT2D eigenvalue weighted by atomic mass is 35.5. The third kappa shape index (κ3) is 11.4. The van der Waals surface area contributed by atoms with Crippen LogP contribution in [0.2, 0.25) is 5.02 Å². The number of carbonyl (C=O) groups excluding carboxylic acids is 3. The molecule has 0 aliphatic carbocycles. The van der Waals surface area contributed by atoms with Crippen molar-refractivity contribution in [3.63, 3.8) is 0 Å². The summed E-state index contributed by atoms with van der Waals surface area (Å²) in [5.41, 5.74) is -0.272. The van der Waals surface area contributed by atoms with Crippen molar-refractivity contribution in [2.45, 2.75) is 97.3 Å². The summed E-state index contributed by atoms with van der Waals surface area (Å²) < 4.78 is 5.36. The maximum absolute atomic E-state index is 12.4. The van der Waals surface area contributed by atoms with Crippen molar-refractivity contribution in [3.8, 4) is 0 Å². The second-order valence-electron chi connectivity index (χ2n) is 9.48. The van der Waals surface area contributed by atoms with Gasteiger partial charge in [0, 0.05) is 5.41 Å². The second-order valence-corrected chi connectivity index (χ2v) is 10.3. The quantitative estimate of drug-likeness (QED) is 0.117. The number of ketones is 1. The lowest BCUT2D eigenvalue weighted by molar-refractivity contribution is -0.130. The zero-order valence-corrected chi connectivity index (χ0v) is 22.0. The third-order valence-corrected chi connectivity index (χ3v) is 6.12. The fourth-order valence-electron chi connectivity index (χ4n) is 3.28. The molecule has 33 heavy (non-hydrogen) atoms. The number of ether oxygens (including phenoxy) is 1. The van der Waals surface area contributed by atoms with Crippen LogP contribution in [0.5, 0.6) is 0 Å². The maximum atomic E-state index is 12.4. The van der Waals surface area contributed by atoms with Crippen LogP contribution in [-0.4, -0.2) is 29.6 Å². The molecule has 0 radical (unpaired) electrons. The summed E-state index contributed by atoms with van der Waals surface area (Å²) in [5.74, 6) is -1.56. The molecule has 1 N–H and O–H groups in total. The van der Waals surface area contributed by atoms with Gasteiger partial charge in [-0.3, -0.25) is 9.59 Å². The molecule has 0 spiro atoms. The SMILES string of the molecule is CCCCCCCCCCCCOC(=O)c1ccc(Cl)c(NC(=O)C(Cl)C(=O)C(C)(C)C)c1. The minimum atomic E-state index is -1.35. The number of nitrogens with one attached hydrogen (secondary N) is 1. The van der Waals surface area contributed by atoms with Crippen molar-refractivity contribution >= 4 is 46.5 Å². The van der Waals surface area contributed by atoms with E-state index < -0.39 is 28.5 Å². The number of carbonyl (C=O) groups is 3. The summed E-state index contributed by atoms with van der Waals surface area (Å²) in [5, 5.41) is 1.42. The number of hydrogen-bond acceptors (Lipinski definition) is 4. The Hall–Kier alpha value is -1.59. The van der Waals surface area contributed by atoms with Gasteiger partial charge in [-0.25, -0.2) is 4.79 Å². The van der Waals surface area contributed by atoms with E-state index in [9.17, 15) is 14.4 Å². The lowest BCUT2D eigenvalue weighted by atomic mass is 9.88. The largest absolute Gasteiger partial charge is 0.462 e. The Morgan fingerprint density at radius 1 is 0.939 bits per heavy atom.